The van der Waals surface area contributed by atoms with Gasteiger partial charge in [0.15, 0.2) is 0 Å². The minimum atomic E-state index is 0.696. The van der Waals surface area contributed by atoms with Gasteiger partial charge in [-0.2, -0.15) is 0 Å². The van der Waals surface area contributed by atoms with Crippen LogP contribution in [0.5, 0.6) is 0 Å². The van der Waals surface area contributed by atoms with E-state index in [4.69, 9.17) is 0 Å². The summed E-state index contributed by atoms with van der Waals surface area (Å²) in [7, 11) is 0. The van der Waals surface area contributed by atoms with Crippen molar-refractivity contribution in [2.24, 2.45) is 5.92 Å². The standard InChI is InChI=1S/C15H25NS/c1-2-16-14(12-15-9-6-10-17-15)11-13-7-4-3-5-8-13/h6,9-10,13-14,16H,2-5,7-8,11-12H2,1H3. The second-order valence-electron chi connectivity index (χ2n) is 5.28. The first-order valence-corrected chi connectivity index (χ1v) is 8.02. The predicted octanol–water partition coefficient (Wildman–Crippen LogP) is 4.24. The topological polar surface area (TPSA) is 12.0 Å². The molecule has 0 aliphatic heterocycles. The molecular weight excluding hydrogens is 226 g/mol. The van der Waals surface area contributed by atoms with Crippen LogP contribution in [0, 0.1) is 5.92 Å². The molecule has 1 aliphatic rings. The van der Waals surface area contributed by atoms with Crippen molar-refractivity contribution in [1.82, 2.24) is 5.32 Å². The molecule has 17 heavy (non-hydrogen) atoms. The van der Waals surface area contributed by atoms with Crippen LogP contribution < -0.4 is 5.32 Å². The molecular formula is C15H25NS. The largest absolute Gasteiger partial charge is 0.314 e. The van der Waals surface area contributed by atoms with E-state index in [0.29, 0.717) is 6.04 Å². The quantitative estimate of drug-likeness (QED) is 0.797. The summed E-state index contributed by atoms with van der Waals surface area (Å²) in [6, 6.07) is 5.14. The maximum atomic E-state index is 3.67. The van der Waals surface area contributed by atoms with Gasteiger partial charge < -0.3 is 5.32 Å². The summed E-state index contributed by atoms with van der Waals surface area (Å²) in [5.41, 5.74) is 0. The van der Waals surface area contributed by atoms with Crippen molar-refractivity contribution in [2.75, 3.05) is 6.54 Å². The Morgan fingerprint density at radius 1 is 1.35 bits per heavy atom. The number of thiophene rings is 1. The summed E-state index contributed by atoms with van der Waals surface area (Å²) in [6.45, 7) is 3.32. The lowest BCUT2D eigenvalue weighted by atomic mass is 9.84. The average Bonchev–Trinajstić information content (AvgIpc) is 2.83. The predicted molar refractivity (Wildman–Crippen MR) is 76.7 cm³/mol. The zero-order valence-electron chi connectivity index (χ0n) is 11.0. The Morgan fingerprint density at radius 3 is 2.82 bits per heavy atom. The summed E-state index contributed by atoms with van der Waals surface area (Å²) in [5.74, 6) is 0.979. The van der Waals surface area contributed by atoms with E-state index in [1.807, 2.05) is 11.3 Å². The van der Waals surface area contributed by atoms with Crippen LogP contribution in [0.1, 0.15) is 50.3 Å². The number of hydrogen-bond donors (Lipinski definition) is 1. The molecule has 2 heteroatoms. The van der Waals surface area contributed by atoms with Gasteiger partial charge in [-0.05, 0) is 36.8 Å². The van der Waals surface area contributed by atoms with Crippen molar-refractivity contribution < 1.29 is 0 Å². The number of nitrogens with one attached hydrogen (secondary N) is 1. The van der Waals surface area contributed by atoms with Crippen molar-refractivity contribution in [2.45, 2.75) is 57.9 Å². The third-order valence-electron chi connectivity index (χ3n) is 3.86. The van der Waals surface area contributed by atoms with Gasteiger partial charge in [0, 0.05) is 10.9 Å². The highest BCUT2D eigenvalue weighted by Crippen LogP contribution is 2.28. The van der Waals surface area contributed by atoms with Gasteiger partial charge in [0.25, 0.3) is 0 Å². The molecule has 1 unspecified atom stereocenters. The SMILES string of the molecule is CCNC(Cc1cccs1)CC1CCCCC1. The Balaban J connectivity index is 1.83. The Labute approximate surface area is 110 Å². The van der Waals surface area contributed by atoms with Crippen molar-refractivity contribution in [3.8, 4) is 0 Å². The van der Waals surface area contributed by atoms with Crippen molar-refractivity contribution in [3.63, 3.8) is 0 Å². The van der Waals surface area contributed by atoms with E-state index in [1.54, 1.807) is 0 Å². The molecule has 0 saturated heterocycles. The molecule has 1 saturated carbocycles. The van der Waals surface area contributed by atoms with Crippen LogP contribution in [0.2, 0.25) is 0 Å². The number of hydrogen-bond acceptors (Lipinski definition) is 2. The maximum Gasteiger partial charge on any atom is 0.0118 e. The molecule has 96 valence electrons. The summed E-state index contributed by atoms with van der Waals surface area (Å²) < 4.78 is 0. The fourth-order valence-corrected chi connectivity index (χ4v) is 3.81. The van der Waals surface area contributed by atoms with Crippen molar-refractivity contribution in [1.29, 1.82) is 0 Å². The summed E-state index contributed by atoms with van der Waals surface area (Å²) in [5, 5.41) is 5.87. The van der Waals surface area contributed by atoms with Gasteiger partial charge in [-0.15, -0.1) is 11.3 Å². The lowest BCUT2D eigenvalue weighted by molar-refractivity contribution is 0.299. The van der Waals surface area contributed by atoms with Crippen LogP contribution in [0.4, 0.5) is 0 Å². The number of rotatable bonds is 6. The second-order valence-corrected chi connectivity index (χ2v) is 6.31. The third kappa shape index (κ3) is 4.44. The normalized spacial score (nSPS) is 19.4. The smallest absolute Gasteiger partial charge is 0.0118 e. The van der Waals surface area contributed by atoms with Crippen LogP contribution in [-0.4, -0.2) is 12.6 Å². The Morgan fingerprint density at radius 2 is 2.18 bits per heavy atom. The minimum absolute atomic E-state index is 0.696. The molecule has 1 aromatic heterocycles. The monoisotopic (exact) mass is 251 g/mol. The molecule has 0 aromatic carbocycles. The first-order valence-electron chi connectivity index (χ1n) is 7.14. The molecule has 0 radical (unpaired) electrons. The molecule has 1 N–H and O–H groups in total. The highest BCUT2D eigenvalue weighted by molar-refractivity contribution is 7.09. The van der Waals surface area contributed by atoms with Crippen LogP contribution >= 0.6 is 11.3 Å². The summed E-state index contributed by atoms with van der Waals surface area (Å²) >= 11 is 1.90. The zero-order valence-corrected chi connectivity index (χ0v) is 11.8. The van der Waals surface area contributed by atoms with Crippen molar-refractivity contribution in [3.05, 3.63) is 22.4 Å². The fraction of sp³-hybridized carbons (Fsp3) is 0.733. The first kappa shape index (κ1) is 13.1. The second kappa shape index (κ2) is 7.17. The molecule has 0 spiro atoms. The molecule has 1 fully saturated rings. The summed E-state index contributed by atoms with van der Waals surface area (Å²) in [4.78, 5) is 1.53. The van der Waals surface area contributed by atoms with Crippen LogP contribution in [0.25, 0.3) is 0 Å². The van der Waals surface area contributed by atoms with Crippen LogP contribution in [0.3, 0.4) is 0 Å². The Kier molecular flexibility index (Phi) is 5.53. The van der Waals surface area contributed by atoms with Gasteiger partial charge in [-0.25, -0.2) is 0 Å². The molecule has 0 bridgehead atoms. The van der Waals surface area contributed by atoms with E-state index < -0.39 is 0 Å². The van der Waals surface area contributed by atoms with Crippen LogP contribution in [0.15, 0.2) is 17.5 Å². The highest BCUT2D eigenvalue weighted by Gasteiger charge is 2.18. The van der Waals surface area contributed by atoms with E-state index in [9.17, 15) is 0 Å². The first-order chi connectivity index (χ1) is 8.38. The van der Waals surface area contributed by atoms with Gasteiger partial charge in [0.05, 0.1) is 0 Å². The van der Waals surface area contributed by atoms with Crippen molar-refractivity contribution >= 4 is 11.3 Å². The molecule has 2 rings (SSSR count). The Bertz CT molecular complexity index is 288. The maximum absolute atomic E-state index is 3.67. The van der Waals surface area contributed by atoms with E-state index in [0.717, 1.165) is 12.5 Å². The van der Waals surface area contributed by atoms with E-state index in [-0.39, 0.29) is 0 Å². The molecule has 0 amide bonds. The molecule has 1 nitrogen and oxygen atoms in total. The molecule has 1 aromatic rings. The van der Waals surface area contributed by atoms with Gasteiger partial charge in [0.1, 0.15) is 0 Å². The van der Waals surface area contributed by atoms with Gasteiger partial charge >= 0.3 is 0 Å². The molecule has 1 atom stereocenters. The zero-order chi connectivity index (χ0) is 11.9. The number of likely N-dealkylation sites (N-methyl/N-ethyl adjacent to an activating group) is 1. The van der Waals surface area contributed by atoms with Gasteiger partial charge in [0.2, 0.25) is 0 Å². The van der Waals surface area contributed by atoms with E-state index in [1.165, 1.54) is 49.8 Å². The molecule has 1 aliphatic carbocycles. The van der Waals surface area contributed by atoms with Gasteiger partial charge in [-0.3, -0.25) is 0 Å². The third-order valence-corrected chi connectivity index (χ3v) is 4.76. The Hall–Kier alpha value is -0.340. The van der Waals surface area contributed by atoms with Gasteiger partial charge in [-0.1, -0.05) is 45.1 Å². The minimum Gasteiger partial charge on any atom is -0.314 e. The van der Waals surface area contributed by atoms with E-state index in [2.05, 4.69) is 29.8 Å². The lowest BCUT2D eigenvalue weighted by Crippen LogP contribution is -2.33. The van der Waals surface area contributed by atoms with Crippen LogP contribution in [-0.2, 0) is 6.42 Å². The highest BCUT2D eigenvalue weighted by atomic mass is 32.1. The van der Waals surface area contributed by atoms with E-state index >= 15 is 0 Å². The average molecular weight is 251 g/mol. The molecule has 1 heterocycles. The fourth-order valence-electron chi connectivity index (χ4n) is 3.02. The summed E-state index contributed by atoms with van der Waals surface area (Å²) in [6.07, 6.45) is 9.92. The lowest BCUT2D eigenvalue weighted by Gasteiger charge is -2.26.